The van der Waals surface area contributed by atoms with Gasteiger partial charge in [-0.25, -0.2) is 4.79 Å². The number of methoxy groups -OCH3 is 1. The fraction of sp³-hybridized carbons (Fsp3) is 0.767. The van der Waals surface area contributed by atoms with Crippen molar-refractivity contribution in [1.29, 1.82) is 0 Å². The molecule has 1 heterocycles. The molecule has 0 saturated carbocycles. The van der Waals surface area contributed by atoms with Crippen molar-refractivity contribution in [3.8, 4) is 11.5 Å². The van der Waals surface area contributed by atoms with E-state index >= 15 is 0 Å². The van der Waals surface area contributed by atoms with Crippen LogP contribution in [0.1, 0.15) is 267 Å². The number of cyclic esters (lactones) is 1. The molecular weight excluding hydrogens is 945 g/mol. The molecule has 1 aliphatic heterocycles. The number of hydrogen-bond donors (Lipinski definition) is 1. The Bertz CT molecular complexity index is 1770. The van der Waals surface area contributed by atoms with Gasteiger partial charge in [-0.1, -0.05) is 187 Å². The number of fused-ring (bicyclic) bond motifs is 1. The van der Waals surface area contributed by atoms with E-state index in [0.29, 0.717) is 36.1 Å². The maximum atomic E-state index is 13.1. The first-order valence-corrected chi connectivity index (χ1v) is 28.8. The Morgan fingerprint density at radius 3 is 1.45 bits per heavy atom. The van der Waals surface area contributed by atoms with E-state index < -0.39 is 54.1 Å². The zero-order valence-corrected chi connectivity index (χ0v) is 47.0. The lowest BCUT2D eigenvalue weighted by atomic mass is 9.94. The molecule has 0 fully saturated rings. The number of phenolic OH excluding ortho intramolecular Hbond substituents is 1. The van der Waals surface area contributed by atoms with Crippen LogP contribution in [0.25, 0.3) is 0 Å². The maximum absolute atomic E-state index is 13.1. The highest BCUT2D eigenvalue weighted by Crippen LogP contribution is 2.42. The number of rotatable bonds is 45. The minimum Gasteiger partial charge on any atom is -0.507 e. The van der Waals surface area contributed by atoms with Crippen molar-refractivity contribution in [2.45, 2.75) is 272 Å². The van der Waals surface area contributed by atoms with Crippen molar-refractivity contribution in [1.82, 2.24) is 0 Å². The molecule has 14 heteroatoms. The number of hydrogen-bond acceptors (Lipinski definition) is 14. The quantitative estimate of drug-likeness (QED) is 0.0214. The third-order valence-electron chi connectivity index (χ3n) is 13.8. The summed E-state index contributed by atoms with van der Waals surface area (Å²) in [6.07, 6.45) is 31.5. The summed E-state index contributed by atoms with van der Waals surface area (Å²) in [6, 6.07) is 0. The third-order valence-corrected chi connectivity index (χ3v) is 13.8. The second-order valence-corrected chi connectivity index (χ2v) is 20.7. The van der Waals surface area contributed by atoms with Gasteiger partial charge in [0.25, 0.3) is 0 Å². The molecule has 2 rings (SSSR count). The van der Waals surface area contributed by atoms with Crippen molar-refractivity contribution in [2.24, 2.45) is 5.92 Å². The van der Waals surface area contributed by atoms with E-state index in [-0.39, 0.29) is 69.7 Å². The molecule has 0 aromatic heterocycles. The van der Waals surface area contributed by atoms with Crippen LogP contribution in [-0.2, 0) is 65.4 Å². The molecule has 0 bridgehead atoms. The van der Waals surface area contributed by atoms with Gasteiger partial charge in [-0.05, 0) is 51.0 Å². The lowest BCUT2D eigenvalue weighted by molar-refractivity contribution is -0.185. The van der Waals surface area contributed by atoms with Crippen LogP contribution in [0.2, 0.25) is 0 Å². The van der Waals surface area contributed by atoms with E-state index in [0.717, 1.165) is 49.7 Å². The maximum Gasteiger partial charge on any atom is 0.342 e. The van der Waals surface area contributed by atoms with Crippen LogP contribution >= 0.6 is 0 Å². The van der Waals surface area contributed by atoms with Crippen LogP contribution in [0.15, 0.2) is 11.6 Å². The topological polar surface area (TPSA) is 187 Å². The molecule has 1 aromatic carbocycles. The first-order chi connectivity index (χ1) is 35.7. The van der Waals surface area contributed by atoms with Gasteiger partial charge in [0.1, 0.15) is 36.9 Å². The van der Waals surface area contributed by atoms with Crippen molar-refractivity contribution in [2.75, 3.05) is 20.3 Å². The zero-order chi connectivity index (χ0) is 54.4. The molecule has 0 spiro atoms. The summed E-state index contributed by atoms with van der Waals surface area (Å²) in [6.45, 7) is 10.8. The van der Waals surface area contributed by atoms with E-state index in [1.807, 2.05) is 13.0 Å². The Morgan fingerprint density at radius 1 is 0.581 bits per heavy atom. The molecule has 1 N–H and O–H groups in total. The average molecular weight is 1040 g/mol. The van der Waals surface area contributed by atoms with Gasteiger partial charge >= 0.3 is 35.8 Å². The molecule has 2 unspecified atom stereocenters. The second-order valence-electron chi connectivity index (χ2n) is 20.7. The summed E-state index contributed by atoms with van der Waals surface area (Å²) in [5, 5.41) is 10.9. The van der Waals surface area contributed by atoms with Gasteiger partial charge in [-0.15, -0.1) is 0 Å². The van der Waals surface area contributed by atoms with E-state index in [4.69, 9.17) is 33.2 Å². The Kier molecular flexibility index (Phi) is 36.0. The van der Waals surface area contributed by atoms with Crippen molar-refractivity contribution < 1.29 is 67.0 Å². The van der Waals surface area contributed by atoms with Crippen LogP contribution in [0, 0.1) is 12.8 Å². The molecule has 74 heavy (non-hydrogen) atoms. The summed E-state index contributed by atoms with van der Waals surface area (Å²) in [7, 11) is 1.49. The van der Waals surface area contributed by atoms with Crippen LogP contribution in [-0.4, -0.2) is 73.6 Å². The smallest absolute Gasteiger partial charge is 0.342 e. The van der Waals surface area contributed by atoms with Gasteiger partial charge in [0.2, 0.25) is 6.29 Å². The summed E-state index contributed by atoms with van der Waals surface area (Å²) >= 11 is 0. The molecule has 2 atom stereocenters. The first-order valence-electron chi connectivity index (χ1n) is 28.8. The number of esters is 6. The van der Waals surface area contributed by atoms with Crippen molar-refractivity contribution >= 4 is 35.8 Å². The third kappa shape index (κ3) is 29.5. The molecular formula is C60H98O14. The molecule has 1 aliphatic rings. The summed E-state index contributed by atoms with van der Waals surface area (Å²) in [5.41, 5.74) is 2.73. The number of ether oxygens (including phenoxy) is 7. The SMILES string of the molecule is CCCCCCCCCCCCCCCC(=O)OCC(COC(=O)CCCCCCCCCCCCCCC)OC(=O)CC(C)CC(=O)OC(C)OC(=O)CC/C(C)=C/Cc1c(O)c2c(c(C)c1OC)COC2=O. The number of benzene rings is 1. The van der Waals surface area contributed by atoms with Gasteiger partial charge in [-0.3, -0.25) is 24.0 Å². The highest BCUT2D eigenvalue weighted by atomic mass is 16.7. The van der Waals surface area contributed by atoms with Crippen LogP contribution < -0.4 is 4.74 Å². The summed E-state index contributed by atoms with van der Waals surface area (Å²) in [4.78, 5) is 76.3. The summed E-state index contributed by atoms with van der Waals surface area (Å²) in [5.74, 6) is -3.53. The van der Waals surface area contributed by atoms with Gasteiger partial charge in [0, 0.05) is 50.2 Å². The molecule has 422 valence electrons. The Morgan fingerprint density at radius 2 is 1.00 bits per heavy atom. The molecule has 0 amide bonds. The lowest BCUT2D eigenvalue weighted by Gasteiger charge is -2.20. The fourth-order valence-corrected chi connectivity index (χ4v) is 9.29. The van der Waals surface area contributed by atoms with Gasteiger partial charge in [0.15, 0.2) is 6.10 Å². The average Bonchev–Trinajstić information content (AvgIpc) is 3.76. The highest BCUT2D eigenvalue weighted by Gasteiger charge is 2.32. The van der Waals surface area contributed by atoms with E-state index in [1.165, 1.54) is 130 Å². The van der Waals surface area contributed by atoms with Gasteiger partial charge in [-0.2, -0.15) is 0 Å². The van der Waals surface area contributed by atoms with Crippen LogP contribution in [0.4, 0.5) is 0 Å². The highest BCUT2D eigenvalue weighted by molar-refractivity contribution is 5.98. The predicted molar refractivity (Wildman–Crippen MR) is 288 cm³/mol. The Labute approximate surface area is 445 Å². The number of unbranched alkanes of at least 4 members (excludes halogenated alkanes) is 24. The molecule has 0 radical (unpaired) electrons. The van der Waals surface area contributed by atoms with E-state index in [9.17, 15) is 33.9 Å². The first kappa shape index (κ1) is 65.5. The van der Waals surface area contributed by atoms with Crippen molar-refractivity contribution in [3.63, 3.8) is 0 Å². The molecule has 1 aromatic rings. The van der Waals surface area contributed by atoms with E-state index in [2.05, 4.69) is 13.8 Å². The second kappa shape index (κ2) is 40.7. The minimum absolute atomic E-state index is 0.00417. The van der Waals surface area contributed by atoms with Crippen LogP contribution in [0.3, 0.4) is 0 Å². The van der Waals surface area contributed by atoms with Crippen molar-refractivity contribution in [3.05, 3.63) is 33.9 Å². The Hall–Kier alpha value is -4.62. The number of phenols is 1. The normalized spacial score (nSPS) is 13.0. The monoisotopic (exact) mass is 1040 g/mol. The molecule has 0 aliphatic carbocycles. The van der Waals surface area contributed by atoms with Gasteiger partial charge < -0.3 is 38.3 Å². The largest absolute Gasteiger partial charge is 0.507 e. The Balaban J connectivity index is 1.78. The number of allylic oxidation sites excluding steroid dienone is 2. The number of carbonyl (C=O) groups is 6. The van der Waals surface area contributed by atoms with Gasteiger partial charge in [0.05, 0.1) is 7.11 Å². The standard InChI is InChI=1S/C60H98O14/c1-8-10-12-14-16-18-20-22-24-26-28-30-32-34-52(61)69-42-49(43-70-53(62)35-33-31-29-27-25-23-21-19-17-15-13-11-9-2)74-56(65)41-46(4)40-55(64)73-48(6)72-54(63)39-37-45(3)36-38-50-58(66)57-51(44-71-60(57)67)47(5)59(50)68-7/h36,46,48-49,66H,8-35,37-44H2,1-7H3/b45-36+. The number of carbonyl (C=O) groups excluding carboxylic acids is 6. The number of aromatic hydroxyl groups is 1. The minimum atomic E-state index is -1.18. The van der Waals surface area contributed by atoms with Crippen LogP contribution in [0.5, 0.6) is 11.5 Å². The lowest BCUT2D eigenvalue weighted by Crippen LogP contribution is -2.31. The predicted octanol–water partition coefficient (Wildman–Crippen LogP) is 14.5. The van der Waals surface area contributed by atoms with E-state index in [1.54, 1.807) is 13.8 Å². The molecule has 0 saturated heterocycles. The fourth-order valence-electron chi connectivity index (χ4n) is 9.29. The zero-order valence-electron chi connectivity index (χ0n) is 47.0. The molecule has 14 nitrogen and oxygen atoms in total. The summed E-state index contributed by atoms with van der Waals surface area (Å²) < 4.78 is 38.0.